The molecule has 2 aromatic rings. The van der Waals surface area contributed by atoms with Gasteiger partial charge in [-0.15, -0.1) is 11.3 Å². The van der Waals surface area contributed by atoms with Gasteiger partial charge in [-0.2, -0.15) is 0 Å². The Morgan fingerprint density at radius 1 is 1.30 bits per heavy atom. The van der Waals surface area contributed by atoms with E-state index in [0.29, 0.717) is 31.5 Å². The number of ether oxygens (including phenoxy) is 1. The molecule has 0 unspecified atom stereocenters. The van der Waals surface area contributed by atoms with Crippen LogP contribution in [-0.2, 0) is 17.8 Å². The summed E-state index contributed by atoms with van der Waals surface area (Å²) in [6.07, 6.45) is -0.223. The Morgan fingerprint density at radius 3 is 2.55 bits per heavy atom. The number of aliphatic carboxylic acids is 1. The van der Waals surface area contributed by atoms with Gasteiger partial charge in [0.2, 0.25) is 0 Å². The number of nitrogens with zero attached hydrogens (tertiary/aromatic N) is 1. The predicted octanol–water partition coefficient (Wildman–Crippen LogP) is 2.97. The average molecular weight is 352 g/mol. The standard InChI is InChI=1S/C12H8Cl3NO3S/c13-6-1-8(14)12(9(15)2-6)19-4-10-16-7(5-20-10)3-11(17)18/h1-2,5H,3-4H2,(H,17,18)/p-1. The number of thiazole rings is 1. The number of rotatable bonds is 5. The summed E-state index contributed by atoms with van der Waals surface area (Å²) in [6, 6.07) is 3.04. The third kappa shape index (κ3) is 3.99. The maximum Gasteiger partial charge on any atom is 0.157 e. The zero-order chi connectivity index (χ0) is 14.7. The molecule has 0 aliphatic heterocycles. The molecule has 0 saturated heterocycles. The number of carbonyl (C=O) groups excluding carboxylic acids is 1. The van der Waals surface area contributed by atoms with E-state index >= 15 is 0 Å². The number of hydrogen-bond donors (Lipinski definition) is 0. The van der Waals surface area contributed by atoms with Crippen molar-refractivity contribution in [3.63, 3.8) is 0 Å². The number of hydrogen-bond acceptors (Lipinski definition) is 5. The molecule has 1 aromatic carbocycles. The van der Waals surface area contributed by atoms with E-state index in [4.69, 9.17) is 39.5 Å². The fourth-order valence-electron chi connectivity index (χ4n) is 1.45. The van der Waals surface area contributed by atoms with Crippen LogP contribution in [0.3, 0.4) is 0 Å². The molecule has 2 rings (SSSR count). The Balaban J connectivity index is 2.05. The van der Waals surface area contributed by atoms with Crippen molar-refractivity contribution >= 4 is 52.1 Å². The van der Waals surface area contributed by atoms with E-state index in [-0.39, 0.29) is 13.0 Å². The minimum Gasteiger partial charge on any atom is -0.550 e. The lowest BCUT2D eigenvalue weighted by Gasteiger charge is -2.08. The summed E-state index contributed by atoms with van der Waals surface area (Å²) in [6.45, 7) is 0.138. The zero-order valence-electron chi connectivity index (χ0n) is 9.86. The maximum atomic E-state index is 10.5. The summed E-state index contributed by atoms with van der Waals surface area (Å²) < 4.78 is 5.49. The van der Waals surface area contributed by atoms with Crippen molar-refractivity contribution in [1.29, 1.82) is 0 Å². The number of carboxylic acids is 1. The molecule has 0 aliphatic carbocycles. The van der Waals surface area contributed by atoms with E-state index in [9.17, 15) is 9.90 Å². The topological polar surface area (TPSA) is 62.2 Å². The van der Waals surface area contributed by atoms with Gasteiger partial charge in [-0.05, 0) is 12.1 Å². The summed E-state index contributed by atoms with van der Waals surface area (Å²) >= 11 is 19.0. The lowest BCUT2D eigenvalue weighted by Crippen LogP contribution is -2.24. The second kappa shape index (κ2) is 6.63. The highest BCUT2D eigenvalue weighted by atomic mass is 35.5. The van der Waals surface area contributed by atoms with Gasteiger partial charge in [-0.1, -0.05) is 34.8 Å². The number of carbonyl (C=O) groups is 1. The third-order valence-corrected chi connectivity index (χ3v) is 3.88. The Kier molecular flexibility index (Phi) is 5.10. The molecule has 1 aromatic heterocycles. The normalized spacial score (nSPS) is 10.6. The van der Waals surface area contributed by atoms with Crippen molar-refractivity contribution in [2.45, 2.75) is 13.0 Å². The van der Waals surface area contributed by atoms with Crippen molar-refractivity contribution < 1.29 is 14.6 Å². The molecule has 20 heavy (non-hydrogen) atoms. The van der Waals surface area contributed by atoms with Gasteiger partial charge < -0.3 is 14.6 Å². The highest BCUT2D eigenvalue weighted by Crippen LogP contribution is 2.36. The largest absolute Gasteiger partial charge is 0.550 e. The van der Waals surface area contributed by atoms with Gasteiger partial charge in [0.1, 0.15) is 11.6 Å². The fraction of sp³-hybridized carbons (Fsp3) is 0.167. The number of carboxylic acid groups (broad SMARTS) is 1. The van der Waals surface area contributed by atoms with Crippen LogP contribution >= 0.6 is 46.1 Å². The van der Waals surface area contributed by atoms with Gasteiger partial charge >= 0.3 is 0 Å². The first kappa shape index (κ1) is 15.4. The average Bonchev–Trinajstić information content (AvgIpc) is 2.74. The van der Waals surface area contributed by atoms with Crippen LogP contribution in [0.15, 0.2) is 17.5 Å². The van der Waals surface area contributed by atoms with Crippen molar-refractivity contribution in [1.82, 2.24) is 4.98 Å². The Bertz CT molecular complexity index is 622. The number of halogens is 3. The molecular weight excluding hydrogens is 345 g/mol. The van der Waals surface area contributed by atoms with E-state index in [1.54, 1.807) is 5.38 Å². The summed E-state index contributed by atoms with van der Waals surface area (Å²) in [5.41, 5.74) is 0.432. The van der Waals surface area contributed by atoms with Crippen molar-refractivity contribution in [3.8, 4) is 5.75 Å². The second-order valence-corrected chi connectivity index (χ2v) is 5.96. The quantitative estimate of drug-likeness (QED) is 0.831. The minimum absolute atomic E-state index is 0.138. The van der Waals surface area contributed by atoms with E-state index in [0.717, 1.165) is 0 Å². The first-order chi connectivity index (χ1) is 9.45. The lowest BCUT2D eigenvalue weighted by molar-refractivity contribution is -0.304. The summed E-state index contributed by atoms with van der Waals surface area (Å²) in [7, 11) is 0. The summed E-state index contributed by atoms with van der Waals surface area (Å²) in [5.74, 6) is -0.860. The highest BCUT2D eigenvalue weighted by molar-refractivity contribution is 7.09. The molecule has 4 nitrogen and oxygen atoms in total. The molecular formula is C12H7Cl3NO3S-. The summed E-state index contributed by atoms with van der Waals surface area (Å²) in [5, 5.41) is 13.7. The molecule has 0 atom stereocenters. The molecule has 0 spiro atoms. The maximum absolute atomic E-state index is 10.5. The van der Waals surface area contributed by atoms with Crippen LogP contribution in [0.25, 0.3) is 0 Å². The smallest absolute Gasteiger partial charge is 0.157 e. The van der Waals surface area contributed by atoms with Gasteiger partial charge in [-0.25, -0.2) is 4.98 Å². The van der Waals surface area contributed by atoms with Crippen LogP contribution in [0.2, 0.25) is 15.1 Å². The van der Waals surface area contributed by atoms with Gasteiger partial charge in [0.05, 0.1) is 15.7 Å². The summed E-state index contributed by atoms with van der Waals surface area (Å²) in [4.78, 5) is 14.6. The van der Waals surface area contributed by atoms with Crippen molar-refractivity contribution in [2.75, 3.05) is 0 Å². The molecule has 1 heterocycles. The van der Waals surface area contributed by atoms with Crippen LogP contribution < -0.4 is 9.84 Å². The molecule has 106 valence electrons. The Labute approximate surface area is 133 Å². The molecule has 0 aliphatic rings. The molecule has 0 fully saturated rings. The SMILES string of the molecule is O=C([O-])Cc1csc(COc2c(Cl)cc(Cl)cc2Cl)n1. The number of aromatic nitrogens is 1. The molecule has 0 radical (unpaired) electrons. The lowest BCUT2D eigenvalue weighted by atomic mass is 10.3. The molecule has 8 heteroatoms. The van der Waals surface area contributed by atoms with E-state index < -0.39 is 5.97 Å². The Morgan fingerprint density at radius 2 is 1.95 bits per heavy atom. The fourth-order valence-corrected chi connectivity index (χ4v) is 3.08. The van der Waals surface area contributed by atoms with Crippen LogP contribution in [-0.4, -0.2) is 11.0 Å². The predicted molar refractivity (Wildman–Crippen MR) is 76.6 cm³/mol. The minimum atomic E-state index is -1.17. The molecule has 0 saturated carbocycles. The van der Waals surface area contributed by atoms with E-state index in [1.807, 2.05) is 0 Å². The van der Waals surface area contributed by atoms with Crippen LogP contribution in [0.5, 0.6) is 5.75 Å². The van der Waals surface area contributed by atoms with Crippen molar-refractivity contribution in [3.05, 3.63) is 43.3 Å². The van der Waals surface area contributed by atoms with E-state index in [1.165, 1.54) is 23.5 Å². The van der Waals surface area contributed by atoms with Gasteiger partial charge in [0, 0.05) is 22.8 Å². The van der Waals surface area contributed by atoms with Gasteiger partial charge in [0.25, 0.3) is 0 Å². The van der Waals surface area contributed by atoms with Gasteiger partial charge in [0.15, 0.2) is 5.75 Å². The van der Waals surface area contributed by atoms with Gasteiger partial charge in [-0.3, -0.25) is 0 Å². The monoisotopic (exact) mass is 350 g/mol. The first-order valence-corrected chi connectivity index (χ1v) is 7.37. The van der Waals surface area contributed by atoms with E-state index in [2.05, 4.69) is 4.98 Å². The molecule has 0 amide bonds. The highest BCUT2D eigenvalue weighted by Gasteiger charge is 2.11. The van der Waals surface area contributed by atoms with Crippen LogP contribution in [0.1, 0.15) is 10.7 Å². The number of benzene rings is 1. The molecule has 0 N–H and O–H groups in total. The van der Waals surface area contributed by atoms with Crippen LogP contribution in [0, 0.1) is 0 Å². The Hall–Kier alpha value is -1.01. The third-order valence-electron chi connectivity index (χ3n) is 2.23. The van der Waals surface area contributed by atoms with Crippen molar-refractivity contribution in [2.24, 2.45) is 0 Å². The second-order valence-electron chi connectivity index (χ2n) is 3.77. The first-order valence-electron chi connectivity index (χ1n) is 5.36. The zero-order valence-corrected chi connectivity index (χ0v) is 12.9. The molecule has 0 bridgehead atoms. The van der Waals surface area contributed by atoms with Crippen LogP contribution in [0.4, 0.5) is 0 Å².